The molecule has 9 heteroatoms. The van der Waals surface area contributed by atoms with E-state index in [2.05, 4.69) is 15.8 Å². The summed E-state index contributed by atoms with van der Waals surface area (Å²) in [5, 5.41) is 6.82. The van der Waals surface area contributed by atoms with E-state index < -0.39 is 17.8 Å². The minimum Gasteiger partial charge on any atom is -0.423 e. The van der Waals surface area contributed by atoms with Crippen molar-refractivity contribution in [2.24, 2.45) is 5.10 Å². The summed E-state index contributed by atoms with van der Waals surface area (Å²) in [5.41, 5.74) is 4.29. The molecule has 2 N–H and O–H groups in total. The van der Waals surface area contributed by atoms with E-state index in [1.807, 2.05) is 13.0 Å². The molecule has 0 spiro atoms. The number of carbonyl (C=O) groups is 3. The van der Waals surface area contributed by atoms with Crippen molar-refractivity contribution in [3.05, 3.63) is 93.5 Å². The van der Waals surface area contributed by atoms with Crippen LogP contribution >= 0.6 is 23.2 Å². The fourth-order valence-corrected chi connectivity index (χ4v) is 3.09. The van der Waals surface area contributed by atoms with Crippen molar-refractivity contribution in [3.63, 3.8) is 0 Å². The predicted molar refractivity (Wildman–Crippen MR) is 123 cm³/mol. The highest BCUT2D eigenvalue weighted by Gasteiger charge is 2.14. The zero-order valence-electron chi connectivity index (χ0n) is 16.8. The molecule has 0 aliphatic carbocycles. The second-order valence-electron chi connectivity index (χ2n) is 6.61. The first kappa shape index (κ1) is 23.0. The van der Waals surface area contributed by atoms with Crippen molar-refractivity contribution in [2.75, 3.05) is 5.32 Å². The molecule has 0 aromatic heterocycles. The van der Waals surface area contributed by atoms with Crippen LogP contribution in [0, 0.1) is 6.92 Å². The summed E-state index contributed by atoms with van der Waals surface area (Å²) in [5.74, 6) is -2.19. The molecule has 0 aliphatic rings. The minimum absolute atomic E-state index is 0.169. The third-order valence-corrected chi connectivity index (χ3v) is 4.63. The van der Waals surface area contributed by atoms with Crippen molar-refractivity contribution < 1.29 is 19.1 Å². The number of aryl methyl sites for hydroxylation is 1. The number of rotatable bonds is 5. The number of halogens is 2. The zero-order chi connectivity index (χ0) is 23.1. The van der Waals surface area contributed by atoms with Crippen LogP contribution in [0.4, 0.5) is 5.69 Å². The quantitative estimate of drug-likeness (QED) is 0.187. The van der Waals surface area contributed by atoms with Gasteiger partial charge in [0.2, 0.25) is 0 Å². The number of nitrogens with zero attached hydrogens (tertiary/aromatic N) is 1. The van der Waals surface area contributed by atoms with Crippen LogP contribution in [-0.4, -0.2) is 24.0 Å². The van der Waals surface area contributed by atoms with E-state index in [4.69, 9.17) is 27.9 Å². The highest BCUT2D eigenvalue weighted by molar-refractivity contribution is 6.39. The molecule has 7 nitrogen and oxygen atoms in total. The van der Waals surface area contributed by atoms with Crippen LogP contribution < -0.4 is 15.5 Å². The fraction of sp³-hybridized carbons (Fsp3) is 0.0435. The Labute approximate surface area is 194 Å². The van der Waals surface area contributed by atoms with Gasteiger partial charge in [-0.2, -0.15) is 5.10 Å². The summed E-state index contributed by atoms with van der Waals surface area (Å²) in [7, 11) is 0. The lowest BCUT2D eigenvalue weighted by Gasteiger charge is -2.07. The lowest BCUT2D eigenvalue weighted by Crippen LogP contribution is -2.32. The van der Waals surface area contributed by atoms with Crippen LogP contribution in [0.2, 0.25) is 10.0 Å². The van der Waals surface area contributed by atoms with Gasteiger partial charge in [-0.25, -0.2) is 10.2 Å². The number of ether oxygens (including phenoxy) is 1. The van der Waals surface area contributed by atoms with Crippen molar-refractivity contribution in [1.29, 1.82) is 0 Å². The summed E-state index contributed by atoms with van der Waals surface area (Å²) in [6.45, 7) is 1.87. The molecule has 0 atom stereocenters. The molecule has 0 unspecified atom stereocenters. The van der Waals surface area contributed by atoms with Gasteiger partial charge in [-0.1, -0.05) is 47.5 Å². The molecule has 0 radical (unpaired) electrons. The fourth-order valence-electron chi connectivity index (χ4n) is 2.60. The molecule has 0 bridgehead atoms. The summed E-state index contributed by atoms with van der Waals surface area (Å²) < 4.78 is 5.32. The van der Waals surface area contributed by atoms with Gasteiger partial charge in [0.1, 0.15) is 5.75 Å². The Bertz CT molecular complexity index is 1210. The lowest BCUT2D eigenvalue weighted by atomic mass is 10.2. The number of hydrogen-bond acceptors (Lipinski definition) is 5. The maximum atomic E-state index is 12.3. The van der Waals surface area contributed by atoms with Gasteiger partial charge in [0.25, 0.3) is 0 Å². The number of benzene rings is 3. The number of nitrogens with one attached hydrogen (secondary N) is 2. The molecular weight excluding hydrogens is 453 g/mol. The van der Waals surface area contributed by atoms with Gasteiger partial charge < -0.3 is 10.1 Å². The number of hydrogen-bond donors (Lipinski definition) is 2. The van der Waals surface area contributed by atoms with E-state index in [1.54, 1.807) is 36.4 Å². The van der Waals surface area contributed by atoms with Gasteiger partial charge >= 0.3 is 17.8 Å². The maximum Gasteiger partial charge on any atom is 0.345 e. The molecule has 3 aromatic carbocycles. The van der Waals surface area contributed by atoms with Crippen LogP contribution in [-0.2, 0) is 9.59 Å². The van der Waals surface area contributed by atoms with E-state index in [-0.39, 0.29) is 16.3 Å². The number of carbonyl (C=O) groups excluding carboxylic acids is 3. The van der Waals surface area contributed by atoms with Crippen molar-refractivity contribution >= 4 is 52.9 Å². The van der Waals surface area contributed by atoms with Crippen LogP contribution in [0.5, 0.6) is 5.75 Å². The third kappa shape index (κ3) is 6.41. The van der Waals surface area contributed by atoms with Gasteiger partial charge in [-0.3, -0.25) is 9.59 Å². The number of esters is 1. The SMILES string of the molecule is Cc1cccc(NC(=O)C(=O)N/N=C/c2cccc(OC(=O)c3ccc(Cl)cc3Cl)c2)c1. The first-order chi connectivity index (χ1) is 15.3. The smallest absolute Gasteiger partial charge is 0.345 e. The van der Waals surface area contributed by atoms with Crippen LogP contribution in [0.1, 0.15) is 21.5 Å². The first-order valence-electron chi connectivity index (χ1n) is 9.30. The Morgan fingerprint density at radius 3 is 2.47 bits per heavy atom. The average molecular weight is 470 g/mol. The molecule has 0 heterocycles. The van der Waals surface area contributed by atoms with Gasteiger partial charge in [-0.05, 0) is 60.5 Å². The second-order valence-corrected chi connectivity index (χ2v) is 7.45. The van der Waals surface area contributed by atoms with E-state index in [1.165, 1.54) is 30.5 Å². The molecule has 0 aliphatic heterocycles. The summed E-state index contributed by atoms with van der Waals surface area (Å²) >= 11 is 11.9. The van der Waals surface area contributed by atoms with E-state index in [9.17, 15) is 14.4 Å². The molecule has 162 valence electrons. The topological polar surface area (TPSA) is 96.9 Å². The van der Waals surface area contributed by atoms with Crippen LogP contribution in [0.3, 0.4) is 0 Å². The highest BCUT2D eigenvalue weighted by Crippen LogP contribution is 2.23. The Hall–Kier alpha value is -3.68. The molecule has 0 saturated carbocycles. The van der Waals surface area contributed by atoms with Crippen LogP contribution in [0.25, 0.3) is 0 Å². The summed E-state index contributed by atoms with van der Waals surface area (Å²) in [6, 6.07) is 17.9. The molecule has 32 heavy (non-hydrogen) atoms. The summed E-state index contributed by atoms with van der Waals surface area (Å²) in [4.78, 5) is 36.2. The Morgan fingerprint density at radius 2 is 1.72 bits per heavy atom. The largest absolute Gasteiger partial charge is 0.423 e. The Morgan fingerprint density at radius 1 is 0.938 bits per heavy atom. The standard InChI is InChI=1S/C23H17Cl2N3O4/c1-14-4-2-6-17(10-14)27-21(29)22(30)28-26-13-15-5-3-7-18(11-15)32-23(31)19-9-8-16(24)12-20(19)25/h2-13H,1H3,(H,27,29)(H,28,30)/b26-13+. The Kier molecular flexibility index (Phi) is 7.59. The molecule has 2 amide bonds. The van der Waals surface area contributed by atoms with Crippen LogP contribution in [0.15, 0.2) is 71.8 Å². The van der Waals surface area contributed by atoms with E-state index in [0.717, 1.165) is 5.56 Å². The molecular formula is C23H17Cl2N3O4. The number of anilines is 1. The van der Waals surface area contributed by atoms with Gasteiger partial charge in [-0.15, -0.1) is 0 Å². The maximum absolute atomic E-state index is 12.3. The normalized spacial score (nSPS) is 10.6. The van der Waals surface area contributed by atoms with Crippen molar-refractivity contribution in [3.8, 4) is 5.75 Å². The molecule has 3 aromatic rings. The molecule has 0 fully saturated rings. The van der Waals surface area contributed by atoms with Gasteiger partial charge in [0.05, 0.1) is 16.8 Å². The average Bonchev–Trinajstić information content (AvgIpc) is 2.74. The van der Waals surface area contributed by atoms with Crippen molar-refractivity contribution in [1.82, 2.24) is 5.43 Å². The monoisotopic (exact) mass is 469 g/mol. The summed E-state index contributed by atoms with van der Waals surface area (Å²) in [6.07, 6.45) is 1.31. The predicted octanol–water partition coefficient (Wildman–Crippen LogP) is 4.61. The van der Waals surface area contributed by atoms with E-state index in [0.29, 0.717) is 16.3 Å². The molecule has 0 saturated heterocycles. The third-order valence-electron chi connectivity index (χ3n) is 4.08. The molecule has 3 rings (SSSR count). The zero-order valence-corrected chi connectivity index (χ0v) is 18.3. The van der Waals surface area contributed by atoms with Crippen molar-refractivity contribution in [2.45, 2.75) is 6.92 Å². The van der Waals surface area contributed by atoms with Gasteiger partial charge in [0.15, 0.2) is 0 Å². The minimum atomic E-state index is -0.928. The first-order valence-corrected chi connectivity index (χ1v) is 10.1. The number of amides is 2. The Balaban J connectivity index is 1.58. The number of hydrazone groups is 1. The lowest BCUT2D eigenvalue weighted by molar-refractivity contribution is -0.136. The van der Waals surface area contributed by atoms with Gasteiger partial charge in [0, 0.05) is 10.7 Å². The second kappa shape index (κ2) is 10.6. The van der Waals surface area contributed by atoms with E-state index >= 15 is 0 Å². The highest BCUT2D eigenvalue weighted by atomic mass is 35.5.